The van der Waals surface area contributed by atoms with Crippen LogP contribution in [-0.2, 0) is 11.2 Å². The summed E-state index contributed by atoms with van der Waals surface area (Å²) >= 11 is 0. The summed E-state index contributed by atoms with van der Waals surface area (Å²) in [4.78, 5) is 27.1. The number of benzene rings is 2. The summed E-state index contributed by atoms with van der Waals surface area (Å²) in [6, 6.07) is 13.4. The second-order valence-electron chi connectivity index (χ2n) is 9.98. The Morgan fingerprint density at radius 3 is 2.46 bits per heavy atom. The third-order valence-corrected chi connectivity index (χ3v) is 7.50. The van der Waals surface area contributed by atoms with Gasteiger partial charge in [0, 0.05) is 18.8 Å². The maximum Gasteiger partial charge on any atom is 0.339 e. The highest BCUT2D eigenvalue weighted by Gasteiger charge is 2.26. The fraction of sp³-hybridized carbons (Fsp3) is 0.517. The van der Waals surface area contributed by atoms with Crippen LogP contribution in [0.25, 0.3) is 0 Å². The second-order valence-corrected chi connectivity index (χ2v) is 9.98. The lowest BCUT2D eigenvalue weighted by atomic mass is 9.83. The van der Waals surface area contributed by atoms with Crippen LogP contribution >= 0.6 is 0 Å². The molecule has 188 valence electrons. The predicted molar refractivity (Wildman–Crippen MR) is 138 cm³/mol. The SMILES string of the molecule is COc1cc(CC(=O)NC(CC2CCCCC2)c2ccccc2N2CCCCC2)ccc1C(=O)O. The van der Waals surface area contributed by atoms with E-state index in [1.807, 2.05) is 0 Å². The summed E-state index contributed by atoms with van der Waals surface area (Å²) in [7, 11) is 1.45. The van der Waals surface area contributed by atoms with Crippen molar-refractivity contribution in [3.8, 4) is 5.75 Å². The van der Waals surface area contributed by atoms with Crippen LogP contribution in [0.3, 0.4) is 0 Å². The number of carbonyl (C=O) groups is 2. The molecule has 2 aromatic carbocycles. The number of hydrogen-bond donors (Lipinski definition) is 2. The number of carboxylic acids is 1. The molecule has 2 aromatic rings. The number of piperidine rings is 1. The molecule has 4 rings (SSSR count). The van der Waals surface area contributed by atoms with E-state index in [0.717, 1.165) is 25.1 Å². The first-order chi connectivity index (χ1) is 17.0. The lowest BCUT2D eigenvalue weighted by Crippen LogP contribution is -2.35. The number of amides is 1. The number of anilines is 1. The lowest BCUT2D eigenvalue weighted by molar-refractivity contribution is -0.121. The van der Waals surface area contributed by atoms with Gasteiger partial charge in [-0.15, -0.1) is 0 Å². The number of para-hydroxylation sites is 1. The zero-order valence-electron chi connectivity index (χ0n) is 20.8. The number of nitrogens with one attached hydrogen (secondary N) is 1. The van der Waals surface area contributed by atoms with Crippen LogP contribution in [0.15, 0.2) is 42.5 Å². The molecule has 2 aliphatic rings. The van der Waals surface area contributed by atoms with E-state index < -0.39 is 5.97 Å². The Bertz CT molecular complexity index is 1010. The monoisotopic (exact) mass is 478 g/mol. The van der Waals surface area contributed by atoms with Gasteiger partial charge in [-0.1, -0.05) is 56.4 Å². The van der Waals surface area contributed by atoms with Crippen LogP contribution in [0.5, 0.6) is 5.75 Å². The second kappa shape index (κ2) is 12.1. The number of rotatable bonds is 9. The van der Waals surface area contributed by atoms with E-state index in [1.165, 1.54) is 75.8 Å². The standard InChI is InChI=1S/C29H38N2O4/c1-35-27-19-22(14-15-24(27)29(33)34)20-28(32)30-25(18-21-10-4-2-5-11-21)23-12-6-7-13-26(23)31-16-8-3-9-17-31/h6-7,12-15,19,21,25H,2-5,8-11,16-18,20H2,1H3,(H,30,32)(H,33,34). The molecule has 6 nitrogen and oxygen atoms in total. The Kier molecular flexibility index (Phi) is 8.67. The molecule has 1 unspecified atom stereocenters. The van der Waals surface area contributed by atoms with Crippen molar-refractivity contribution in [1.29, 1.82) is 0 Å². The molecule has 6 heteroatoms. The van der Waals surface area contributed by atoms with Gasteiger partial charge >= 0.3 is 5.97 Å². The Balaban J connectivity index is 1.55. The van der Waals surface area contributed by atoms with Gasteiger partial charge in [0.2, 0.25) is 5.91 Å². The lowest BCUT2D eigenvalue weighted by Gasteiger charge is -2.34. The first kappa shape index (κ1) is 25.1. The zero-order chi connectivity index (χ0) is 24.6. The van der Waals surface area contributed by atoms with Crippen molar-refractivity contribution in [2.75, 3.05) is 25.1 Å². The minimum Gasteiger partial charge on any atom is -0.496 e. The molecule has 2 fully saturated rings. The average molecular weight is 479 g/mol. The van der Waals surface area contributed by atoms with E-state index in [2.05, 4.69) is 34.5 Å². The number of methoxy groups -OCH3 is 1. The molecule has 1 aliphatic heterocycles. The number of aromatic carboxylic acids is 1. The number of ether oxygens (including phenoxy) is 1. The van der Waals surface area contributed by atoms with E-state index in [0.29, 0.717) is 5.92 Å². The van der Waals surface area contributed by atoms with Gasteiger partial charge in [0.1, 0.15) is 11.3 Å². The van der Waals surface area contributed by atoms with Crippen molar-refractivity contribution >= 4 is 17.6 Å². The molecule has 0 bridgehead atoms. The molecule has 1 atom stereocenters. The first-order valence-corrected chi connectivity index (χ1v) is 13.1. The van der Waals surface area contributed by atoms with Gasteiger partial charge in [0.15, 0.2) is 0 Å². The van der Waals surface area contributed by atoms with E-state index >= 15 is 0 Å². The summed E-state index contributed by atoms with van der Waals surface area (Å²) in [6.45, 7) is 2.13. The summed E-state index contributed by atoms with van der Waals surface area (Å²) in [5.41, 5.74) is 3.31. The summed E-state index contributed by atoms with van der Waals surface area (Å²) in [5.74, 6) is -0.195. The van der Waals surface area contributed by atoms with Gasteiger partial charge in [-0.2, -0.15) is 0 Å². The Morgan fingerprint density at radius 1 is 1.03 bits per heavy atom. The molecule has 1 aliphatic carbocycles. The molecule has 0 radical (unpaired) electrons. The Hall–Kier alpha value is -3.02. The minimum atomic E-state index is -1.04. The zero-order valence-corrected chi connectivity index (χ0v) is 20.8. The Labute approximate surface area is 208 Å². The van der Waals surface area contributed by atoms with Crippen LogP contribution in [-0.4, -0.2) is 37.2 Å². The normalized spacial score (nSPS) is 17.6. The maximum absolute atomic E-state index is 13.3. The molecule has 2 N–H and O–H groups in total. The third kappa shape index (κ3) is 6.56. The number of carbonyl (C=O) groups excluding carboxylic acids is 1. The molecule has 1 amide bonds. The topological polar surface area (TPSA) is 78.9 Å². The smallest absolute Gasteiger partial charge is 0.339 e. The van der Waals surface area contributed by atoms with E-state index in [4.69, 9.17) is 4.74 Å². The highest BCUT2D eigenvalue weighted by atomic mass is 16.5. The highest BCUT2D eigenvalue weighted by molar-refractivity contribution is 5.91. The Morgan fingerprint density at radius 2 is 1.74 bits per heavy atom. The minimum absolute atomic E-state index is 0.0380. The van der Waals surface area contributed by atoms with Crippen LogP contribution in [0, 0.1) is 5.92 Å². The predicted octanol–water partition coefficient (Wildman–Crippen LogP) is 5.75. The van der Waals surface area contributed by atoms with Gasteiger partial charge in [-0.25, -0.2) is 4.79 Å². The van der Waals surface area contributed by atoms with Crippen molar-refractivity contribution in [1.82, 2.24) is 5.32 Å². The summed E-state index contributed by atoms with van der Waals surface area (Å²) in [5, 5.41) is 12.7. The quantitative estimate of drug-likeness (QED) is 0.479. The molecular formula is C29H38N2O4. The first-order valence-electron chi connectivity index (χ1n) is 13.1. The molecule has 1 saturated heterocycles. The van der Waals surface area contributed by atoms with Gasteiger partial charge < -0.3 is 20.1 Å². The van der Waals surface area contributed by atoms with Crippen molar-refractivity contribution < 1.29 is 19.4 Å². The number of carboxylic acid groups (broad SMARTS) is 1. The van der Waals surface area contributed by atoms with E-state index in [1.54, 1.807) is 12.1 Å². The van der Waals surface area contributed by atoms with E-state index in [-0.39, 0.29) is 29.7 Å². The van der Waals surface area contributed by atoms with E-state index in [9.17, 15) is 14.7 Å². The number of hydrogen-bond acceptors (Lipinski definition) is 4. The molecular weight excluding hydrogens is 440 g/mol. The van der Waals surface area contributed by atoms with Gasteiger partial charge in [-0.3, -0.25) is 4.79 Å². The largest absolute Gasteiger partial charge is 0.496 e. The molecule has 1 saturated carbocycles. The summed E-state index contributed by atoms with van der Waals surface area (Å²) in [6.07, 6.45) is 11.2. The third-order valence-electron chi connectivity index (χ3n) is 7.50. The van der Waals surface area contributed by atoms with Crippen LogP contribution in [0.1, 0.15) is 85.3 Å². The molecule has 0 spiro atoms. The fourth-order valence-corrected chi connectivity index (χ4v) is 5.68. The van der Waals surface area contributed by atoms with Crippen LogP contribution in [0.4, 0.5) is 5.69 Å². The van der Waals surface area contributed by atoms with Crippen molar-refractivity contribution in [2.24, 2.45) is 5.92 Å². The van der Waals surface area contributed by atoms with Crippen LogP contribution < -0.4 is 15.0 Å². The highest BCUT2D eigenvalue weighted by Crippen LogP contribution is 2.36. The van der Waals surface area contributed by atoms with Crippen LogP contribution in [0.2, 0.25) is 0 Å². The maximum atomic E-state index is 13.3. The number of nitrogens with zero attached hydrogens (tertiary/aromatic N) is 1. The summed E-state index contributed by atoms with van der Waals surface area (Å²) < 4.78 is 5.24. The van der Waals surface area contributed by atoms with Crippen molar-refractivity contribution in [3.63, 3.8) is 0 Å². The van der Waals surface area contributed by atoms with Gasteiger partial charge in [0.05, 0.1) is 19.6 Å². The molecule has 0 aromatic heterocycles. The molecule has 35 heavy (non-hydrogen) atoms. The van der Waals surface area contributed by atoms with Crippen molar-refractivity contribution in [3.05, 3.63) is 59.2 Å². The fourth-order valence-electron chi connectivity index (χ4n) is 5.68. The average Bonchev–Trinajstić information content (AvgIpc) is 2.89. The van der Waals surface area contributed by atoms with Gasteiger partial charge in [-0.05, 0) is 60.9 Å². The van der Waals surface area contributed by atoms with Gasteiger partial charge in [0.25, 0.3) is 0 Å². The van der Waals surface area contributed by atoms with Crippen molar-refractivity contribution in [2.45, 2.75) is 70.3 Å². The molecule has 1 heterocycles.